The molecule has 36 heavy (non-hydrogen) atoms. The first-order chi connectivity index (χ1) is 17.2. The van der Waals surface area contributed by atoms with Crippen LogP contribution in [0, 0.1) is 11.3 Å². The molecule has 1 aliphatic carbocycles. The largest absolute Gasteiger partial charge is 0.497 e. The summed E-state index contributed by atoms with van der Waals surface area (Å²) >= 11 is 1.42. The van der Waals surface area contributed by atoms with Crippen molar-refractivity contribution in [2.75, 3.05) is 19.5 Å². The fraction of sp³-hybridized carbons (Fsp3) is 0.357. The van der Waals surface area contributed by atoms with Crippen molar-refractivity contribution >= 4 is 44.1 Å². The van der Waals surface area contributed by atoms with Gasteiger partial charge in [-0.15, -0.1) is 0 Å². The van der Waals surface area contributed by atoms with Gasteiger partial charge in [0.1, 0.15) is 11.5 Å². The molecule has 3 aromatic rings. The van der Waals surface area contributed by atoms with Crippen LogP contribution in [0.15, 0.2) is 58.7 Å². The average molecular weight is 504 g/mol. The van der Waals surface area contributed by atoms with Crippen LogP contribution in [-0.4, -0.2) is 36.6 Å². The number of para-hydroxylation sites is 1. The molecule has 0 spiro atoms. The molecule has 2 aliphatic rings. The summed E-state index contributed by atoms with van der Waals surface area (Å²) in [6, 6.07) is 13.2. The number of allylic oxidation sites excluding steroid dienone is 2. The number of nitrogens with zero attached hydrogens (tertiary/aromatic N) is 2. The zero-order valence-corrected chi connectivity index (χ0v) is 21.9. The summed E-state index contributed by atoms with van der Waals surface area (Å²) in [5.74, 6) is -0.276. The van der Waals surface area contributed by atoms with Crippen LogP contribution in [0.3, 0.4) is 0 Å². The normalized spacial score (nSPS) is 21.1. The number of methoxy groups -OCH3 is 2. The van der Waals surface area contributed by atoms with E-state index in [9.17, 15) is 9.59 Å². The topological polar surface area (TPSA) is 89.9 Å². The predicted molar refractivity (Wildman–Crippen MR) is 142 cm³/mol. The van der Waals surface area contributed by atoms with Gasteiger partial charge in [0.15, 0.2) is 10.9 Å². The number of ketones is 1. The van der Waals surface area contributed by atoms with E-state index < -0.39 is 11.8 Å². The summed E-state index contributed by atoms with van der Waals surface area (Å²) in [6.45, 7) is 6.01. The highest BCUT2D eigenvalue weighted by Crippen LogP contribution is 2.50. The van der Waals surface area contributed by atoms with Crippen molar-refractivity contribution in [2.24, 2.45) is 16.3 Å². The van der Waals surface area contributed by atoms with E-state index in [1.54, 1.807) is 14.2 Å². The molecule has 0 fully saturated rings. The maximum absolute atomic E-state index is 13.9. The molecule has 1 aromatic heterocycles. The third-order valence-corrected chi connectivity index (χ3v) is 7.83. The highest BCUT2D eigenvalue weighted by molar-refractivity contribution is 7.22. The van der Waals surface area contributed by atoms with E-state index in [1.807, 2.05) is 49.4 Å². The number of thiazole rings is 1. The third-order valence-electron chi connectivity index (χ3n) is 6.88. The molecular weight excluding hydrogens is 474 g/mol. The van der Waals surface area contributed by atoms with Gasteiger partial charge in [0.25, 0.3) is 0 Å². The summed E-state index contributed by atoms with van der Waals surface area (Å²) < 4.78 is 12.2. The van der Waals surface area contributed by atoms with Crippen LogP contribution in [0.4, 0.5) is 5.13 Å². The molecule has 186 valence electrons. The van der Waals surface area contributed by atoms with Gasteiger partial charge in [0.05, 0.1) is 30.4 Å². The Bertz CT molecular complexity index is 1400. The van der Waals surface area contributed by atoms with Gasteiger partial charge in [-0.2, -0.15) is 0 Å². The molecule has 1 amide bonds. The molecular formula is C28H29N3O4S. The van der Waals surface area contributed by atoms with E-state index in [4.69, 9.17) is 14.5 Å². The number of benzene rings is 2. The number of hydrogen-bond donors (Lipinski definition) is 1. The average Bonchev–Trinajstić information content (AvgIpc) is 3.24. The lowest BCUT2D eigenvalue weighted by Crippen LogP contribution is -2.41. The molecule has 2 atom stereocenters. The Kier molecular flexibility index (Phi) is 6.16. The first-order valence-corrected chi connectivity index (χ1v) is 12.7. The molecule has 5 rings (SSSR count). The zero-order valence-electron chi connectivity index (χ0n) is 21.0. The number of carbonyl (C=O) groups is 2. The molecule has 1 aliphatic heterocycles. The number of rotatable bonds is 5. The van der Waals surface area contributed by atoms with Crippen molar-refractivity contribution in [3.8, 4) is 11.5 Å². The van der Waals surface area contributed by atoms with Crippen LogP contribution in [0.2, 0.25) is 0 Å². The lowest BCUT2D eigenvalue weighted by Gasteiger charge is -2.39. The first-order valence-electron chi connectivity index (χ1n) is 11.9. The molecule has 0 saturated heterocycles. The van der Waals surface area contributed by atoms with Gasteiger partial charge in [0.2, 0.25) is 5.91 Å². The quantitative estimate of drug-likeness (QED) is 0.477. The second-order valence-corrected chi connectivity index (χ2v) is 11.1. The Morgan fingerprint density at radius 3 is 2.61 bits per heavy atom. The monoisotopic (exact) mass is 503 g/mol. The van der Waals surface area contributed by atoms with Crippen LogP contribution >= 0.6 is 11.3 Å². The maximum atomic E-state index is 13.9. The molecule has 2 aromatic carbocycles. The molecule has 1 N–H and O–H groups in total. The predicted octanol–water partition coefficient (Wildman–Crippen LogP) is 5.77. The second-order valence-electron chi connectivity index (χ2n) is 10.1. The number of amides is 1. The Hall–Kier alpha value is -3.52. The maximum Gasteiger partial charge on any atom is 0.235 e. The van der Waals surface area contributed by atoms with Gasteiger partial charge in [-0.3, -0.25) is 14.6 Å². The second kappa shape index (κ2) is 9.17. The summed E-state index contributed by atoms with van der Waals surface area (Å²) in [6.07, 6.45) is 1.07. The summed E-state index contributed by atoms with van der Waals surface area (Å²) in [5.41, 5.74) is 3.37. The lowest BCUT2D eigenvalue weighted by atomic mass is 9.66. The van der Waals surface area contributed by atoms with Crippen LogP contribution in [-0.2, 0) is 9.59 Å². The molecule has 8 heteroatoms. The van der Waals surface area contributed by atoms with Gasteiger partial charge in [-0.05, 0) is 49.1 Å². The minimum atomic E-state index is -0.707. The van der Waals surface area contributed by atoms with E-state index in [-0.39, 0.29) is 17.1 Å². The van der Waals surface area contributed by atoms with Gasteiger partial charge in [-0.1, -0.05) is 37.3 Å². The highest BCUT2D eigenvalue weighted by Gasteiger charge is 2.46. The third kappa shape index (κ3) is 4.30. The summed E-state index contributed by atoms with van der Waals surface area (Å²) in [5, 5.41) is 3.52. The van der Waals surface area contributed by atoms with Crippen LogP contribution in [0.25, 0.3) is 10.2 Å². The Balaban J connectivity index is 1.63. The molecule has 1 unspecified atom stereocenters. The van der Waals surface area contributed by atoms with Crippen molar-refractivity contribution in [3.05, 3.63) is 59.3 Å². The molecule has 0 bridgehead atoms. The van der Waals surface area contributed by atoms with E-state index in [0.717, 1.165) is 21.5 Å². The number of Topliss-reactive ketones (excluding diaryl/α,β-unsaturated/α-hetero) is 1. The van der Waals surface area contributed by atoms with E-state index in [0.29, 0.717) is 40.8 Å². The number of ether oxygens (including phenoxy) is 2. The molecule has 0 saturated carbocycles. The summed E-state index contributed by atoms with van der Waals surface area (Å²) in [4.78, 5) is 36.9. The Labute approximate surface area is 214 Å². The molecule has 7 nitrogen and oxygen atoms in total. The number of hydrogen-bond acceptors (Lipinski definition) is 7. The number of carbonyl (C=O) groups excluding carboxylic acids is 2. The van der Waals surface area contributed by atoms with E-state index in [2.05, 4.69) is 24.1 Å². The van der Waals surface area contributed by atoms with Gasteiger partial charge in [-0.25, -0.2) is 4.98 Å². The van der Waals surface area contributed by atoms with E-state index >= 15 is 0 Å². The first kappa shape index (κ1) is 24.2. The standard InChI is InChI=1S/C28H29N3O4S/c1-15-23(26(33)31-27-30-18-8-6-7-9-22(18)36-27)24(17-12-16(34-4)10-11-21(17)35-5)25-19(29-15)13-28(2,3)14-20(25)32/h6-12,23-24H,13-14H2,1-5H3,(H,30,31,33)/t23?,24-/m0/s1. The van der Waals surface area contributed by atoms with Crippen LogP contribution in [0.5, 0.6) is 11.5 Å². The smallest absolute Gasteiger partial charge is 0.235 e. The van der Waals surface area contributed by atoms with Crippen molar-refractivity contribution in [2.45, 2.75) is 39.5 Å². The fourth-order valence-electron chi connectivity index (χ4n) is 5.31. The number of nitrogens with one attached hydrogen (secondary N) is 1. The fourth-order valence-corrected chi connectivity index (χ4v) is 6.18. The van der Waals surface area contributed by atoms with Gasteiger partial charge < -0.3 is 14.8 Å². The lowest BCUT2D eigenvalue weighted by molar-refractivity contribution is -0.119. The van der Waals surface area contributed by atoms with E-state index in [1.165, 1.54) is 11.3 Å². The van der Waals surface area contributed by atoms with Crippen molar-refractivity contribution in [1.29, 1.82) is 0 Å². The summed E-state index contributed by atoms with van der Waals surface area (Å²) in [7, 11) is 3.18. The zero-order chi connectivity index (χ0) is 25.6. The molecule has 0 radical (unpaired) electrons. The van der Waals surface area contributed by atoms with Gasteiger partial charge in [0, 0.05) is 34.9 Å². The minimum Gasteiger partial charge on any atom is -0.497 e. The highest BCUT2D eigenvalue weighted by atomic mass is 32.1. The van der Waals surface area contributed by atoms with Crippen LogP contribution in [0.1, 0.15) is 45.1 Å². The van der Waals surface area contributed by atoms with Gasteiger partial charge >= 0.3 is 0 Å². The van der Waals surface area contributed by atoms with Crippen molar-refractivity contribution in [3.63, 3.8) is 0 Å². The number of fused-ring (bicyclic) bond motifs is 1. The molecule has 2 heterocycles. The number of aromatic nitrogens is 1. The van der Waals surface area contributed by atoms with Crippen molar-refractivity contribution < 1.29 is 19.1 Å². The SMILES string of the molecule is COc1ccc(OC)c([C@@H]2C3=C(CC(C)(C)CC3=O)N=C(C)C2C(=O)Nc2nc3ccccc3s2)c1. The number of anilines is 1. The Morgan fingerprint density at radius 1 is 1.11 bits per heavy atom. The van der Waals surface area contributed by atoms with Crippen LogP contribution < -0.4 is 14.8 Å². The minimum absolute atomic E-state index is 0.0187. The van der Waals surface area contributed by atoms with Crippen molar-refractivity contribution in [1.82, 2.24) is 4.98 Å². The number of aliphatic imine (C=N–C) groups is 1. The Morgan fingerprint density at radius 2 is 1.89 bits per heavy atom.